The topological polar surface area (TPSA) is 50.8 Å². The summed E-state index contributed by atoms with van der Waals surface area (Å²) >= 11 is 0. The second-order valence-electron chi connectivity index (χ2n) is 7.47. The smallest absolute Gasteiger partial charge is 0.416 e. The maximum absolute atomic E-state index is 12.8. The van der Waals surface area contributed by atoms with Gasteiger partial charge in [-0.15, -0.1) is 0 Å². The van der Waals surface area contributed by atoms with Crippen molar-refractivity contribution in [3.8, 4) is 16.9 Å². The minimum absolute atomic E-state index is 0.0605. The van der Waals surface area contributed by atoms with Gasteiger partial charge in [0.1, 0.15) is 5.75 Å². The molecule has 0 bridgehead atoms. The molecular formula is C22H23F3N2O3. The monoisotopic (exact) mass is 420 g/mol. The Morgan fingerprint density at radius 1 is 1.03 bits per heavy atom. The number of carbonyl (C=O) groups is 1. The highest BCUT2D eigenvalue weighted by atomic mass is 19.4. The van der Waals surface area contributed by atoms with E-state index in [2.05, 4.69) is 10.2 Å². The Labute approximate surface area is 172 Å². The van der Waals surface area contributed by atoms with Gasteiger partial charge in [0.2, 0.25) is 5.91 Å². The molecular weight excluding hydrogens is 397 g/mol. The number of alkyl halides is 3. The molecule has 5 nitrogen and oxygen atoms in total. The van der Waals surface area contributed by atoms with Gasteiger partial charge in [-0.3, -0.25) is 9.69 Å². The summed E-state index contributed by atoms with van der Waals surface area (Å²) in [6.45, 7) is 3.53. The van der Waals surface area contributed by atoms with E-state index in [-0.39, 0.29) is 11.9 Å². The lowest BCUT2D eigenvalue weighted by Crippen LogP contribution is -2.44. The lowest BCUT2D eigenvalue weighted by molar-refractivity contribution is -0.137. The Morgan fingerprint density at radius 2 is 1.73 bits per heavy atom. The number of nitrogens with zero attached hydrogens (tertiary/aromatic N) is 1. The Kier molecular flexibility index (Phi) is 5.97. The zero-order valence-electron chi connectivity index (χ0n) is 16.4. The van der Waals surface area contributed by atoms with Gasteiger partial charge in [0.05, 0.1) is 38.0 Å². The van der Waals surface area contributed by atoms with E-state index in [9.17, 15) is 18.0 Å². The molecule has 1 saturated heterocycles. The number of hydrogen-bond acceptors (Lipinski definition) is 4. The standard InChI is InChI=1S/C22H23F3N2O3/c23-22(24,25)17-4-1-15(2-5-17)16-3-6-20-18(13-16)19(7-10-30-20)26-21(28)14-27-8-11-29-12-9-27/h1-6,13,19H,7-12,14H2,(H,26,28). The largest absolute Gasteiger partial charge is 0.493 e. The Bertz CT molecular complexity index is 893. The van der Waals surface area contributed by atoms with E-state index in [0.29, 0.717) is 44.1 Å². The number of carbonyl (C=O) groups excluding carboxylic acids is 1. The zero-order valence-corrected chi connectivity index (χ0v) is 16.4. The molecule has 2 aliphatic heterocycles. The number of halogens is 3. The van der Waals surface area contributed by atoms with Crippen molar-refractivity contribution in [2.24, 2.45) is 0 Å². The number of fused-ring (bicyclic) bond motifs is 1. The van der Waals surface area contributed by atoms with Gasteiger partial charge >= 0.3 is 6.18 Å². The molecule has 1 unspecified atom stereocenters. The molecule has 1 N–H and O–H groups in total. The van der Waals surface area contributed by atoms with Crippen LogP contribution in [-0.4, -0.2) is 50.3 Å². The van der Waals surface area contributed by atoms with E-state index in [0.717, 1.165) is 36.3 Å². The quantitative estimate of drug-likeness (QED) is 0.821. The Morgan fingerprint density at radius 3 is 2.43 bits per heavy atom. The molecule has 30 heavy (non-hydrogen) atoms. The van der Waals surface area contributed by atoms with Gasteiger partial charge in [-0.2, -0.15) is 13.2 Å². The van der Waals surface area contributed by atoms with Crippen LogP contribution in [0.4, 0.5) is 13.2 Å². The molecule has 160 valence electrons. The summed E-state index contributed by atoms with van der Waals surface area (Å²) in [5, 5.41) is 3.08. The maximum atomic E-state index is 12.8. The van der Waals surface area contributed by atoms with Crippen LogP contribution in [0.2, 0.25) is 0 Å². The molecule has 0 saturated carbocycles. The van der Waals surface area contributed by atoms with Crippen molar-refractivity contribution in [2.45, 2.75) is 18.6 Å². The molecule has 2 heterocycles. The van der Waals surface area contributed by atoms with Gasteiger partial charge in [0.25, 0.3) is 0 Å². The molecule has 0 spiro atoms. The van der Waals surface area contributed by atoms with Crippen LogP contribution in [0.25, 0.3) is 11.1 Å². The number of rotatable bonds is 4. The molecule has 1 atom stereocenters. The average molecular weight is 420 g/mol. The summed E-state index contributed by atoms with van der Waals surface area (Å²) in [4.78, 5) is 14.6. The molecule has 2 aromatic carbocycles. The third kappa shape index (κ3) is 4.76. The molecule has 8 heteroatoms. The molecule has 0 radical (unpaired) electrons. The highest BCUT2D eigenvalue weighted by molar-refractivity contribution is 5.79. The first-order valence-corrected chi connectivity index (χ1v) is 9.94. The molecule has 2 aromatic rings. The summed E-state index contributed by atoms with van der Waals surface area (Å²) in [6, 6.07) is 10.4. The minimum atomic E-state index is -4.36. The van der Waals surface area contributed by atoms with Gasteiger partial charge in [-0.1, -0.05) is 18.2 Å². The van der Waals surface area contributed by atoms with Crippen LogP contribution in [-0.2, 0) is 15.7 Å². The zero-order chi connectivity index (χ0) is 21.1. The van der Waals surface area contributed by atoms with Crippen LogP contribution in [0.5, 0.6) is 5.75 Å². The van der Waals surface area contributed by atoms with Crippen LogP contribution in [0.3, 0.4) is 0 Å². The molecule has 2 aliphatic rings. The predicted octanol–water partition coefficient (Wildman–Crippen LogP) is 3.64. The molecule has 0 aromatic heterocycles. The second kappa shape index (κ2) is 8.65. The summed E-state index contributed by atoms with van der Waals surface area (Å²) in [5.41, 5.74) is 1.62. The van der Waals surface area contributed by atoms with Crippen LogP contribution in [0, 0.1) is 0 Å². The fourth-order valence-electron chi connectivity index (χ4n) is 3.78. The van der Waals surface area contributed by atoms with Crippen LogP contribution in [0.15, 0.2) is 42.5 Å². The number of morpholine rings is 1. The summed E-state index contributed by atoms with van der Waals surface area (Å²) in [5.74, 6) is 0.628. The van der Waals surface area contributed by atoms with Crippen molar-refractivity contribution in [3.05, 3.63) is 53.6 Å². The minimum Gasteiger partial charge on any atom is -0.493 e. The Hall–Kier alpha value is -2.58. The third-order valence-electron chi connectivity index (χ3n) is 5.40. The number of ether oxygens (including phenoxy) is 2. The van der Waals surface area contributed by atoms with E-state index in [4.69, 9.17) is 9.47 Å². The third-order valence-corrected chi connectivity index (χ3v) is 5.40. The number of benzene rings is 2. The SMILES string of the molecule is O=C(CN1CCOCC1)NC1CCOc2ccc(-c3ccc(C(F)(F)F)cc3)cc21. The van der Waals surface area contributed by atoms with Gasteiger partial charge < -0.3 is 14.8 Å². The van der Waals surface area contributed by atoms with Crippen molar-refractivity contribution in [1.29, 1.82) is 0 Å². The van der Waals surface area contributed by atoms with E-state index in [1.807, 2.05) is 18.2 Å². The average Bonchev–Trinajstić information content (AvgIpc) is 2.74. The molecule has 1 amide bonds. The van der Waals surface area contributed by atoms with E-state index < -0.39 is 11.7 Å². The fourth-order valence-corrected chi connectivity index (χ4v) is 3.78. The lowest BCUT2D eigenvalue weighted by Gasteiger charge is -2.30. The van der Waals surface area contributed by atoms with Crippen molar-refractivity contribution in [1.82, 2.24) is 10.2 Å². The van der Waals surface area contributed by atoms with Crippen molar-refractivity contribution in [2.75, 3.05) is 39.5 Å². The van der Waals surface area contributed by atoms with Gasteiger partial charge in [0.15, 0.2) is 0 Å². The van der Waals surface area contributed by atoms with Crippen molar-refractivity contribution < 1.29 is 27.4 Å². The van der Waals surface area contributed by atoms with E-state index in [1.54, 1.807) is 0 Å². The number of amides is 1. The first-order valence-electron chi connectivity index (χ1n) is 9.94. The highest BCUT2D eigenvalue weighted by Crippen LogP contribution is 2.36. The van der Waals surface area contributed by atoms with Gasteiger partial charge in [-0.25, -0.2) is 0 Å². The van der Waals surface area contributed by atoms with Crippen LogP contribution >= 0.6 is 0 Å². The fraction of sp³-hybridized carbons (Fsp3) is 0.409. The summed E-state index contributed by atoms with van der Waals surface area (Å²) in [6.07, 6.45) is -3.73. The van der Waals surface area contributed by atoms with Crippen LogP contribution in [0.1, 0.15) is 23.6 Å². The number of nitrogens with one attached hydrogen (secondary N) is 1. The van der Waals surface area contributed by atoms with Crippen molar-refractivity contribution in [3.63, 3.8) is 0 Å². The first kappa shape index (κ1) is 20.7. The molecule has 1 fully saturated rings. The summed E-state index contributed by atoms with van der Waals surface area (Å²) < 4.78 is 49.5. The van der Waals surface area contributed by atoms with Crippen molar-refractivity contribution >= 4 is 5.91 Å². The summed E-state index contributed by atoms with van der Waals surface area (Å²) in [7, 11) is 0. The van der Waals surface area contributed by atoms with E-state index in [1.165, 1.54) is 12.1 Å². The first-order chi connectivity index (χ1) is 14.4. The second-order valence-corrected chi connectivity index (χ2v) is 7.47. The molecule has 4 rings (SSSR count). The normalized spacial score (nSPS) is 19.6. The van der Waals surface area contributed by atoms with Crippen LogP contribution < -0.4 is 10.1 Å². The number of hydrogen-bond donors (Lipinski definition) is 1. The Balaban J connectivity index is 1.50. The predicted molar refractivity (Wildman–Crippen MR) is 105 cm³/mol. The highest BCUT2D eigenvalue weighted by Gasteiger charge is 2.30. The molecule has 0 aliphatic carbocycles. The van der Waals surface area contributed by atoms with E-state index >= 15 is 0 Å². The lowest BCUT2D eigenvalue weighted by atomic mass is 9.95. The maximum Gasteiger partial charge on any atom is 0.416 e. The van der Waals surface area contributed by atoms with Gasteiger partial charge in [-0.05, 0) is 35.4 Å². The van der Waals surface area contributed by atoms with Gasteiger partial charge in [0, 0.05) is 25.1 Å².